The van der Waals surface area contributed by atoms with Gasteiger partial charge in [-0.25, -0.2) is 10.4 Å². The number of carbonyl (C=O) groups is 4. The second kappa shape index (κ2) is 10.9. The van der Waals surface area contributed by atoms with Crippen molar-refractivity contribution in [3.63, 3.8) is 0 Å². The largest absolute Gasteiger partial charge is 0.485 e. The molecule has 33 heavy (non-hydrogen) atoms. The first kappa shape index (κ1) is 24.1. The maximum atomic E-state index is 13.1. The van der Waals surface area contributed by atoms with E-state index in [-0.39, 0.29) is 33.4 Å². The predicted octanol–water partition coefficient (Wildman–Crippen LogP) is 3.92. The molecule has 10 heteroatoms. The molecule has 0 unspecified atom stereocenters. The van der Waals surface area contributed by atoms with Crippen LogP contribution >= 0.6 is 22.9 Å². The van der Waals surface area contributed by atoms with Gasteiger partial charge in [0, 0.05) is 5.56 Å². The highest BCUT2D eigenvalue weighted by atomic mass is 35.5. The number of halogens is 1. The molecule has 0 bridgehead atoms. The first-order chi connectivity index (χ1) is 15.8. The van der Waals surface area contributed by atoms with E-state index < -0.39 is 23.8 Å². The standard InChI is InChI=1S/C23H19ClN2O6S/c1-14(23(30)31)25-26(22(29)20-8-5-11-33-20)21(28)17-10-9-15(12-18(17)24)19(27)13-32-16-6-3-2-4-7-16/h2-12,14,25H,13H2,1H3,(H,30,31)/t14-/m0/s1. The summed E-state index contributed by atoms with van der Waals surface area (Å²) in [4.78, 5) is 49.9. The molecule has 2 aromatic carbocycles. The summed E-state index contributed by atoms with van der Waals surface area (Å²) in [6, 6.07) is 14.7. The number of ether oxygens (including phenoxy) is 1. The molecule has 1 heterocycles. The van der Waals surface area contributed by atoms with Gasteiger partial charge in [-0.05, 0) is 42.6 Å². The van der Waals surface area contributed by atoms with Crippen molar-refractivity contribution in [3.8, 4) is 5.75 Å². The average Bonchev–Trinajstić information content (AvgIpc) is 3.35. The van der Waals surface area contributed by atoms with Crippen LogP contribution in [0, 0.1) is 0 Å². The van der Waals surface area contributed by atoms with E-state index in [1.807, 2.05) is 6.07 Å². The third-order valence-corrected chi connectivity index (χ3v) is 5.64. The highest BCUT2D eigenvalue weighted by molar-refractivity contribution is 7.12. The Morgan fingerprint density at radius 3 is 2.39 bits per heavy atom. The molecule has 1 aromatic heterocycles. The zero-order valence-corrected chi connectivity index (χ0v) is 18.9. The molecule has 0 saturated carbocycles. The van der Waals surface area contributed by atoms with Crippen LogP contribution in [0.4, 0.5) is 0 Å². The monoisotopic (exact) mass is 486 g/mol. The van der Waals surface area contributed by atoms with Gasteiger partial charge >= 0.3 is 5.97 Å². The lowest BCUT2D eigenvalue weighted by atomic mass is 10.1. The van der Waals surface area contributed by atoms with Crippen LogP contribution < -0.4 is 10.2 Å². The molecule has 0 saturated heterocycles. The zero-order valence-electron chi connectivity index (χ0n) is 17.4. The third-order valence-electron chi connectivity index (χ3n) is 4.47. The fourth-order valence-electron chi connectivity index (χ4n) is 2.70. The number of thiophene rings is 1. The first-order valence-electron chi connectivity index (χ1n) is 9.69. The highest BCUT2D eigenvalue weighted by Crippen LogP contribution is 2.22. The lowest BCUT2D eigenvalue weighted by Crippen LogP contribution is -2.52. The third kappa shape index (κ3) is 6.04. The molecule has 8 nitrogen and oxygen atoms in total. The Bertz CT molecular complexity index is 1170. The summed E-state index contributed by atoms with van der Waals surface area (Å²) >= 11 is 7.36. The van der Waals surface area contributed by atoms with Gasteiger partial charge in [-0.1, -0.05) is 41.9 Å². The molecule has 170 valence electrons. The second-order valence-corrected chi connectivity index (χ2v) is 8.19. The minimum absolute atomic E-state index is 0.0701. The number of nitrogens with one attached hydrogen (secondary N) is 1. The molecular weight excluding hydrogens is 468 g/mol. The van der Waals surface area contributed by atoms with Gasteiger partial charge in [-0.3, -0.25) is 19.2 Å². The number of hydrogen-bond donors (Lipinski definition) is 2. The van der Waals surface area contributed by atoms with Gasteiger partial charge in [0.1, 0.15) is 11.8 Å². The van der Waals surface area contributed by atoms with Crippen molar-refractivity contribution in [1.82, 2.24) is 10.4 Å². The number of carboxylic acids is 1. The molecule has 3 rings (SSSR count). The average molecular weight is 487 g/mol. The summed E-state index contributed by atoms with van der Waals surface area (Å²) in [5, 5.41) is 11.4. The number of imide groups is 1. The van der Waals surface area contributed by atoms with Crippen molar-refractivity contribution in [2.75, 3.05) is 6.61 Å². The van der Waals surface area contributed by atoms with E-state index in [1.165, 1.54) is 31.2 Å². The Balaban J connectivity index is 1.80. The van der Waals surface area contributed by atoms with E-state index in [4.69, 9.17) is 16.3 Å². The molecule has 2 N–H and O–H groups in total. The minimum Gasteiger partial charge on any atom is -0.485 e. The quantitative estimate of drug-likeness (QED) is 0.267. The van der Waals surface area contributed by atoms with Crippen molar-refractivity contribution in [2.45, 2.75) is 13.0 Å². The maximum absolute atomic E-state index is 13.1. The van der Waals surface area contributed by atoms with E-state index in [0.29, 0.717) is 10.8 Å². The number of hydrazine groups is 1. The summed E-state index contributed by atoms with van der Waals surface area (Å²) in [6.07, 6.45) is 0. The number of para-hydroxylation sites is 1. The van der Waals surface area contributed by atoms with E-state index in [0.717, 1.165) is 11.3 Å². The molecular formula is C23H19ClN2O6S. The fourth-order valence-corrected chi connectivity index (χ4v) is 3.61. The molecule has 0 fully saturated rings. The highest BCUT2D eigenvalue weighted by Gasteiger charge is 2.29. The van der Waals surface area contributed by atoms with Crippen molar-refractivity contribution in [1.29, 1.82) is 0 Å². The lowest BCUT2D eigenvalue weighted by molar-refractivity contribution is -0.139. The number of Topliss-reactive ketones (excluding diaryl/α,β-unsaturated/α-hetero) is 1. The molecule has 0 aliphatic heterocycles. The number of benzene rings is 2. The van der Waals surface area contributed by atoms with Crippen LogP contribution in [-0.4, -0.2) is 46.3 Å². The maximum Gasteiger partial charge on any atom is 0.322 e. The lowest BCUT2D eigenvalue weighted by Gasteiger charge is -2.24. The van der Waals surface area contributed by atoms with Gasteiger partial charge in [0.25, 0.3) is 11.8 Å². The molecule has 0 spiro atoms. The Hall–Kier alpha value is -3.53. The van der Waals surface area contributed by atoms with E-state index >= 15 is 0 Å². The Morgan fingerprint density at radius 1 is 1.06 bits per heavy atom. The minimum atomic E-state index is -1.25. The van der Waals surface area contributed by atoms with E-state index in [2.05, 4.69) is 5.43 Å². The Labute approximate surface area is 198 Å². The Kier molecular flexibility index (Phi) is 7.94. The van der Waals surface area contributed by atoms with Crippen LogP contribution in [0.15, 0.2) is 66.0 Å². The number of nitrogens with zero attached hydrogens (tertiary/aromatic N) is 1. The van der Waals surface area contributed by atoms with Crippen molar-refractivity contribution >= 4 is 46.5 Å². The summed E-state index contributed by atoms with van der Waals surface area (Å²) in [6.45, 7) is 1.06. The number of carbonyl (C=O) groups excluding carboxylic acids is 3. The topological polar surface area (TPSA) is 113 Å². The van der Waals surface area contributed by atoms with E-state index in [1.54, 1.807) is 35.7 Å². The van der Waals surface area contributed by atoms with Crippen molar-refractivity contribution in [3.05, 3.63) is 87.1 Å². The van der Waals surface area contributed by atoms with Crippen LogP contribution in [0.3, 0.4) is 0 Å². The van der Waals surface area contributed by atoms with Gasteiger partial charge in [0.05, 0.1) is 15.5 Å². The summed E-state index contributed by atoms with van der Waals surface area (Å²) in [5.74, 6) is -2.66. The molecule has 1 atom stereocenters. The number of carboxylic acid groups (broad SMARTS) is 1. The smallest absolute Gasteiger partial charge is 0.322 e. The van der Waals surface area contributed by atoms with Gasteiger partial charge in [-0.2, -0.15) is 0 Å². The van der Waals surface area contributed by atoms with Gasteiger partial charge < -0.3 is 9.84 Å². The number of hydrogen-bond acceptors (Lipinski definition) is 7. The second-order valence-electron chi connectivity index (χ2n) is 6.83. The van der Waals surface area contributed by atoms with Crippen molar-refractivity contribution in [2.24, 2.45) is 0 Å². The van der Waals surface area contributed by atoms with Crippen LogP contribution in [0.1, 0.15) is 37.3 Å². The number of ketones is 1. The van der Waals surface area contributed by atoms with Crippen LogP contribution in [0.25, 0.3) is 0 Å². The molecule has 3 aromatic rings. The normalized spacial score (nSPS) is 11.5. The van der Waals surface area contributed by atoms with Crippen molar-refractivity contribution < 1.29 is 29.0 Å². The molecule has 0 aliphatic carbocycles. The Morgan fingerprint density at radius 2 is 1.79 bits per heavy atom. The molecule has 0 aliphatic rings. The first-order valence-corrected chi connectivity index (χ1v) is 11.0. The van der Waals surface area contributed by atoms with Crippen LogP contribution in [0.2, 0.25) is 5.02 Å². The SMILES string of the molecule is C[C@H](NN(C(=O)c1cccs1)C(=O)c1ccc(C(=O)COc2ccccc2)cc1Cl)C(=O)O. The van der Waals surface area contributed by atoms with Gasteiger partial charge in [0.15, 0.2) is 12.4 Å². The molecule has 0 radical (unpaired) electrons. The van der Waals surface area contributed by atoms with Crippen LogP contribution in [-0.2, 0) is 4.79 Å². The van der Waals surface area contributed by atoms with Gasteiger partial charge in [0.2, 0.25) is 0 Å². The number of aliphatic carboxylic acids is 1. The van der Waals surface area contributed by atoms with Crippen LogP contribution in [0.5, 0.6) is 5.75 Å². The molecule has 2 amide bonds. The zero-order chi connectivity index (χ0) is 24.0. The summed E-state index contributed by atoms with van der Waals surface area (Å²) in [7, 11) is 0. The van der Waals surface area contributed by atoms with Gasteiger partial charge in [-0.15, -0.1) is 11.3 Å². The van der Waals surface area contributed by atoms with E-state index in [9.17, 15) is 24.3 Å². The fraction of sp³-hybridized carbons (Fsp3) is 0.130. The summed E-state index contributed by atoms with van der Waals surface area (Å²) < 4.78 is 5.44. The predicted molar refractivity (Wildman–Crippen MR) is 123 cm³/mol. The summed E-state index contributed by atoms with van der Waals surface area (Å²) in [5.41, 5.74) is 2.54. The number of amides is 2. The number of rotatable bonds is 9.